The summed E-state index contributed by atoms with van der Waals surface area (Å²) < 4.78 is 12.1. The number of halogens is 1. The van der Waals surface area contributed by atoms with Gasteiger partial charge in [-0.25, -0.2) is 5.43 Å². The fourth-order valence-electron chi connectivity index (χ4n) is 3.23. The van der Waals surface area contributed by atoms with E-state index in [1.807, 2.05) is 26.0 Å². The standard InChI is InChI=1S/C26H27BrN2O4/c1-4-18(2)33-24-16-22(27)19(15-23(24)32-3)17-28-29-25(30)26(31,20-11-7-5-8-12-20)21-13-9-6-10-14-21/h5-18,31H,4H2,1-3H3,(H,29,30)/b28-17-/t18-/m1/s1. The van der Waals surface area contributed by atoms with Crippen LogP contribution in [0.25, 0.3) is 0 Å². The van der Waals surface area contributed by atoms with E-state index in [0.717, 1.165) is 10.9 Å². The molecule has 3 aromatic rings. The van der Waals surface area contributed by atoms with E-state index >= 15 is 0 Å². The second-order valence-electron chi connectivity index (χ2n) is 7.50. The van der Waals surface area contributed by atoms with Crippen molar-refractivity contribution in [2.75, 3.05) is 7.11 Å². The Labute approximate surface area is 202 Å². The second kappa shape index (κ2) is 11.1. The largest absolute Gasteiger partial charge is 0.493 e. The zero-order valence-corrected chi connectivity index (χ0v) is 20.4. The van der Waals surface area contributed by atoms with Gasteiger partial charge in [0.1, 0.15) is 0 Å². The molecule has 0 aliphatic rings. The molecular formula is C26H27BrN2O4. The molecule has 0 radical (unpaired) electrons. The SMILES string of the molecule is CC[C@@H](C)Oc1cc(Br)c(/C=N\NC(=O)C(O)(c2ccccc2)c2ccccc2)cc1OC. The topological polar surface area (TPSA) is 80.2 Å². The van der Waals surface area contributed by atoms with Gasteiger partial charge in [0.15, 0.2) is 17.1 Å². The van der Waals surface area contributed by atoms with Crippen LogP contribution in [-0.2, 0) is 10.4 Å². The number of ether oxygens (including phenoxy) is 2. The molecule has 0 spiro atoms. The first kappa shape index (κ1) is 24.5. The molecule has 3 rings (SSSR count). The van der Waals surface area contributed by atoms with Gasteiger partial charge >= 0.3 is 0 Å². The predicted octanol–water partition coefficient (Wildman–Crippen LogP) is 5.02. The van der Waals surface area contributed by atoms with E-state index in [1.165, 1.54) is 6.21 Å². The quantitative estimate of drug-likeness (QED) is 0.312. The van der Waals surface area contributed by atoms with Crippen molar-refractivity contribution in [2.24, 2.45) is 5.10 Å². The van der Waals surface area contributed by atoms with Crippen molar-refractivity contribution in [1.29, 1.82) is 0 Å². The van der Waals surface area contributed by atoms with Crippen molar-refractivity contribution < 1.29 is 19.4 Å². The van der Waals surface area contributed by atoms with Gasteiger partial charge in [-0.1, -0.05) is 67.6 Å². The number of amides is 1. The fourth-order valence-corrected chi connectivity index (χ4v) is 3.66. The van der Waals surface area contributed by atoms with Crippen molar-refractivity contribution in [3.63, 3.8) is 0 Å². The number of carbonyl (C=O) groups is 1. The summed E-state index contributed by atoms with van der Waals surface area (Å²) >= 11 is 3.51. The smallest absolute Gasteiger partial charge is 0.281 e. The lowest BCUT2D eigenvalue weighted by atomic mass is 9.85. The van der Waals surface area contributed by atoms with E-state index in [2.05, 4.69) is 26.5 Å². The molecule has 2 N–H and O–H groups in total. The Kier molecular flexibility index (Phi) is 8.25. The van der Waals surface area contributed by atoms with Crippen molar-refractivity contribution >= 4 is 28.1 Å². The molecule has 0 heterocycles. The molecule has 0 aliphatic carbocycles. The number of aliphatic hydroxyl groups is 1. The summed E-state index contributed by atoms with van der Waals surface area (Å²) in [5.41, 5.74) is 2.14. The molecule has 33 heavy (non-hydrogen) atoms. The zero-order chi connectivity index (χ0) is 23.8. The van der Waals surface area contributed by atoms with Crippen LogP contribution >= 0.6 is 15.9 Å². The summed E-state index contributed by atoms with van der Waals surface area (Å²) in [6.07, 6.45) is 2.38. The Morgan fingerprint density at radius 2 is 1.67 bits per heavy atom. The predicted molar refractivity (Wildman–Crippen MR) is 133 cm³/mol. The van der Waals surface area contributed by atoms with Crippen LogP contribution in [0.15, 0.2) is 82.4 Å². The lowest BCUT2D eigenvalue weighted by Gasteiger charge is -2.27. The maximum Gasteiger partial charge on any atom is 0.281 e. The molecule has 1 atom stereocenters. The summed E-state index contributed by atoms with van der Waals surface area (Å²) in [5, 5.41) is 15.6. The number of rotatable bonds is 9. The van der Waals surface area contributed by atoms with Gasteiger partial charge in [0.05, 0.1) is 19.4 Å². The summed E-state index contributed by atoms with van der Waals surface area (Å²) in [6.45, 7) is 4.03. The molecule has 0 fully saturated rings. The lowest BCUT2D eigenvalue weighted by Crippen LogP contribution is -2.43. The first-order valence-corrected chi connectivity index (χ1v) is 11.4. The zero-order valence-electron chi connectivity index (χ0n) is 18.8. The molecule has 7 heteroatoms. The third-order valence-corrected chi connectivity index (χ3v) is 5.95. The summed E-state index contributed by atoms with van der Waals surface area (Å²) in [7, 11) is 1.56. The van der Waals surface area contributed by atoms with E-state index in [4.69, 9.17) is 9.47 Å². The number of hydrazone groups is 1. The third-order valence-electron chi connectivity index (χ3n) is 5.27. The van der Waals surface area contributed by atoms with E-state index in [9.17, 15) is 9.90 Å². The van der Waals surface area contributed by atoms with Gasteiger partial charge in [-0.05, 0) is 52.5 Å². The molecule has 0 unspecified atom stereocenters. The molecule has 0 saturated heterocycles. The van der Waals surface area contributed by atoms with Crippen LogP contribution < -0.4 is 14.9 Å². The molecular weight excluding hydrogens is 484 g/mol. The Bertz CT molecular complexity index is 1060. The summed E-state index contributed by atoms with van der Waals surface area (Å²) in [6, 6.07) is 21.1. The Morgan fingerprint density at radius 3 is 2.18 bits per heavy atom. The second-order valence-corrected chi connectivity index (χ2v) is 8.36. The first-order valence-electron chi connectivity index (χ1n) is 10.6. The highest BCUT2D eigenvalue weighted by Gasteiger charge is 2.39. The maximum absolute atomic E-state index is 13.1. The van der Waals surface area contributed by atoms with E-state index in [-0.39, 0.29) is 6.10 Å². The highest BCUT2D eigenvalue weighted by molar-refractivity contribution is 9.10. The van der Waals surface area contributed by atoms with Crippen LogP contribution in [0.3, 0.4) is 0 Å². The number of methoxy groups -OCH3 is 1. The van der Waals surface area contributed by atoms with Crippen molar-refractivity contribution in [3.05, 3.63) is 94.0 Å². The van der Waals surface area contributed by atoms with Gasteiger partial charge < -0.3 is 14.6 Å². The highest BCUT2D eigenvalue weighted by atomic mass is 79.9. The highest BCUT2D eigenvalue weighted by Crippen LogP contribution is 2.34. The van der Waals surface area contributed by atoms with Crippen molar-refractivity contribution in [1.82, 2.24) is 5.43 Å². The van der Waals surface area contributed by atoms with Crippen LogP contribution in [0.1, 0.15) is 37.0 Å². The van der Waals surface area contributed by atoms with Gasteiger partial charge in [0, 0.05) is 10.0 Å². The summed E-state index contributed by atoms with van der Waals surface area (Å²) in [5.74, 6) is 0.495. The average Bonchev–Trinajstić information content (AvgIpc) is 2.85. The average molecular weight is 511 g/mol. The molecule has 3 aromatic carbocycles. The lowest BCUT2D eigenvalue weighted by molar-refractivity contribution is -0.136. The molecule has 0 aliphatic heterocycles. The number of hydrogen-bond donors (Lipinski definition) is 2. The normalized spacial score (nSPS) is 12.4. The van der Waals surface area contributed by atoms with Gasteiger partial charge in [0.2, 0.25) is 0 Å². The molecule has 0 bridgehead atoms. The number of nitrogens with zero attached hydrogens (tertiary/aromatic N) is 1. The molecule has 172 valence electrons. The minimum Gasteiger partial charge on any atom is -0.493 e. The van der Waals surface area contributed by atoms with Gasteiger partial charge in [0.25, 0.3) is 5.91 Å². The van der Waals surface area contributed by atoms with Crippen LogP contribution in [-0.4, -0.2) is 30.4 Å². The monoisotopic (exact) mass is 510 g/mol. The van der Waals surface area contributed by atoms with Crippen LogP contribution in [0.4, 0.5) is 0 Å². The van der Waals surface area contributed by atoms with Gasteiger partial charge in [-0.3, -0.25) is 4.79 Å². The minimum atomic E-state index is -1.90. The number of benzene rings is 3. The first-order chi connectivity index (χ1) is 15.9. The minimum absolute atomic E-state index is 0.0401. The van der Waals surface area contributed by atoms with Crippen LogP contribution in [0.5, 0.6) is 11.5 Å². The van der Waals surface area contributed by atoms with Crippen LogP contribution in [0, 0.1) is 0 Å². The van der Waals surface area contributed by atoms with Gasteiger partial charge in [-0.2, -0.15) is 5.10 Å². The number of carbonyl (C=O) groups excluding carboxylic acids is 1. The van der Waals surface area contributed by atoms with E-state index in [1.54, 1.807) is 67.8 Å². The maximum atomic E-state index is 13.1. The molecule has 1 amide bonds. The van der Waals surface area contributed by atoms with E-state index in [0.29, 0.717) is 28.2 Å². The van der Waals surface area contributed by atoms with Crippen LogP contribution in [0.2, 0.25) is 0 Å². The number of hydrogen-bond acceptors (Lipinski definition) is 5. The van der Waals surface area contributed by atoms with Gasteiger partial charge in [-0.15, -0.1) is 0 Å². The summed E-state index contributed by atoms with van der Waals surface area (Å²) in [4.78, 5) is 13.1. The Balaban J connectivity index is 1.86. The van der Waals surface area contributed by atoms with Crippen molar-refractivity contribution in [3.8, 4) is 11.5 Å². The van der Waals surface area contributed by atoms with E-state index < -0.39 is 11.5 Å². The third kappa shape index (κ3) is 5.61. The molecule has 0 saturated carbocycles. The fraction of sp³-hybridized carbons (Fsp3) is 0.231. The molecule has 6 nitrogen and oxygen atoms in total. The molecule has 0 aromatic heterocycles. The Morgan fingerprint density at radius 1 is 1.09 bits per heavy atom. The number of nitrogens with one attached hydrogen (secondary N) is 1. The Hall–Kier alpha value is -3.16. The van der Waals surface area contributed by atoms with Crippen molar-refractivity contribution in [2.45, 2.75) is 32.0 Å².